The Morgan fingerprint density at radius 3 is 2.47 bits per heavy atom. The van der Waals surface area contributed by atoms with Gasteiger partial charge in [0.25, 0.3) is 0 Å². The Kier molecular flexibility index (Phi) is 5.09. The highest BCUT2D eigenvalue weighted by molar-refractivity contribution is 5.77. The zero-order valence-corrected chi connectivity index (χ0v) is 10.2. The number of carbonyl (C=O) groups excluding carboxylic acids is 1. The molecule has 0 aromatic heterocycles. The average Bonchev–Trinajstić information content (AvgIpc) is 2.26. The van der Waals surface area contributed by atoms with Gasteiger partial charge in [0.1, 0.15) is 6.61 Å². The number of hydrogen-bond donors (Lipinski definition) is 0. The van der Waals surface area contributed by atoms with E-state index in [1.807, 2.05) is 11.8 Å². The van der Waals surface area contributed by atoms with Crippen LogP contribution in [0, 0.1) is 11.8 Å². The minimum Gasteiger partial charge on any atom is -0.372 e. The molecule has 0 saturated carbocycles. The molecule has 1 aliphatic rings. The third-order valence-electron chi connectivity index (χ3n) is 3.26. The van der Waals surface area contributed by atoms with Crippen LogP contribution in [-0.2, 0) is 9.53 Å². The Morgan fingerprint density at radius 2 is 2.00 bits per heavy atom. The fraction of sp³-hybridized carbons (Fsp3) is 0.917. The maximum absolute atomic E-state index is 11.6. The van der Waals surface area contributed by atoms with E-state index in [4.69, 9.17) is 4.74 Å². The van der Waals surface area contributed by atoms with Crippen LogP contribution >= 0.6 is 0 Å². The van der Waals surface area contributed by atoms with E-state index < -0.39 is 0 Å². The van der Waals surface area contributed by atoms with E-state index in [0.717, 1.165) is 37.8 Å². The minimum absolute atomic E-state index is 0.152. The molecule has 0 aliphatic carbocycles. The van der Waals surface area contributed by atoms with Crippen molar-refractivity contribution in [1.29, 1.82) is 0 Å². The van der Waals surface area contributed by atoms with E-state index in [0.29, 0.717) is 6.61 Å². The lowest BCUT2D eigenvalue weighted by Crippen LogP contribution is -2.41. The molecule has 1 amide bonds. The van der Waals surface area contributed by atoms with Crippen LogP contribution in [0.2, 0.25) is 0 Å². The first-order valence-electron chi connectivity index (χ1n) is 6.00. The maximum atomic E-state index is 11.6. The number of nitrogens with zero attached hydrogens (tertiary/aromatic N) is 1. The van der Waals surface area contributed by atoms with Gasteiger partial charge in [0.2, 0.25) is 5.91 Å². The van der Waals surface area contributed by atoms with Gasteiger partial charge in [0.15, 0.2) is 0 Å². The number of ether oxygens (including phenoxy) is 1. The Hall–Kier alpha value is -0.570. The summed E-state index contributed by atoms with van der Waals surface area (Å²) in [6.07, 6.45) is 2.30. The summed E-state index contributed by atoms with van der Waals surface area (Å²) in [4.78, 5) is 13.6. The van der Waals surface area contributed by atoms with Crippen molar-refractivity contribution < 1.29 is 9.53 Å². The standard InChI is InChI=1S/C12H23NO2/c1-4-15-9-12(14)13-7-5-11(6-8-13)10(2)3/h10-11H,4-9H2,1-3H3. The predicted octanol–water partition coefficient (Wildman–Crippen LogP) is 1.92. The van der Waals surface area contributed by atoms with Crippen molar-refractivity contribution in [3.63, 3.8) is 0 Å². The zero-order valence-electron chi connectivity index (χ0n) is 10.2. The van der Waals surface area contributed by atoms with Gasteiger partial charge in [0.05, 0.1) is 0 Å². The van der Waals surface area contributed by atoms with Crippen LogP contribution in [0.15, 0.2) is 0 Å². The van der Waals surface area contributed by atoms with Crippen molar-refractivity contribution in [3.8, 4) is 0 Å². The minimum atomic E-state index is 0.152. The SMILES string of the molecule is CCOCC(=O)N1CCC(C(C)C)CC1. The number of hydrogen-bond acceptors (Lipinski definition) is 2. The van der Waals surface area contributed by atoms with Crippen LogP contribution in [0.4, 0.5) is 0 Å². The summed E-state index contributed by atoms with van der Waals surface area (Å²) < 4.78 is 5.13. The highest BCUT2D eigenvalue weighted by Gasteiger charge is 2.24. The third kappa shape index (κ3) is 3.82. The van der Waals surface area contributed by atoms with Crippen LogP contribution in [0.3, 0.4) is 0 Å². The summed E-state index contributed by atoms with van der Waals surface area (Å²) in [5, 5.41) is 0. The van der Waals surface area contributed by atoms with Crippen LogP contribution in [-0.4, -0.2) is 37.1 Å². The highest BCUT2D eigenvalue weighted by Crippen LogP contribution is 2.24. The molecule has 3 nitrogen and oxygen atoms in total. The number of rotatable bonds is 4. The smallest absolute Gasteiger partial charge is 0.248 e. The molecule has 0 spiro atoms. The van der Waals surface area contributed by atoms with Crippen molar-refractivity contribution in [2.75, 3.05) is 26.3 Å². The topological polar surface area (TPSA) is 29.5 Å². The quantitative estimate of drug-likeness (QED) is 0.714. The van der Waals surface area contributed by atoms with E-state index >= 15 is 0 Å². The molecule has 0 aromatic carbocycles. The van der Waals surface area contributed by atoms with Gasteiger partial charge in [0, 0.05) is 19.7 Å². The lowest BCUT2D eigenvalue weighted by Gasteiger charge is -2.33. The first kappa shape index (κ1) is 12.5. The Labute approximate surface area is 92.8 Å². The molecular formula is C12H23NO2. The molecule has 1 saturated heterocycles. The Morgan fingerprint density at radius 1 is 1.40 bits per heavy atom. The maximum Gasteiger partial charge on any atom is 0.248 e. The van der Waals surface area contributed by atoms with E-state index in [-0.39, 0.29) is 12.5 Å². The Bertz CT molecular complexity index is 196. The van der Waals surface area contributed by atoms with Crippen LogP contribution < -0.4 is 0 Å². The molecule has 1 heterocycles. The molecule has 15 heavy (non-hydrogen) atoms. The summed E-state index contributed by atoms with van der Waals surface area (Å²) >= 11 is 0. The number of carbonyl (C=O) groups is 1. The molecule has 0 aromatic rings. The van der Waals surface area contributed by atoms with E-state index in [1.54, 1.807) is 0 Å². The van der Waals surface area contributed by atoms with Crippen molar-refractivity contribution in [3.05, 3.63) is 0 Å². The van der Waals surface area contributed by atoms with Gasteiger partial charge < -0.3 is 9.64 Å². The normalized spacial score (nSPS) is 18.5. The summed E-state index contributed by atoms with van der Waals surface area (Å²) in [5.74, 6) is 1.69. The molecule has 3 heteroatoms. The van der Waals surface area contributed by atoms with Gasteiger partial charge >= 0.3 is 0 Å². The lowest BCUT2D eigenvalue weighted by atomic mass is 9.87. The van der Waals surface area contributed by atoms with Crippen LogP contribution in [0.1, 0.15) is 33.6 Å². The second kappa shape index (κ2) is 6.11. The van der Waals surface area contributed by atoms with Gasteiger partial charge in [-0.15, -0.1) is 0 Å². The number of piperidine rings is 1. The second-order valence-corrected chi connectivity index (χ2v) is 4.60. The van der Waals surface area contributed by atoms with Gasteiger partial charge in [-0.25, -0.2) is 0 Å². The predicted molar refractivity (Wildman–Crippen MR) is 60.6 cm³/mol. The molecule has 1 fully saturated rings. The van der Waals surface area contributed by atoms with Crippen molar-refractivity contribution >= 4 is 5.91 Å². The lowest BCUT2D eigenvalue weighted by molar-refractivity contribution is -0.137. The van der Waals surface area contributed by atoms with E-state index in [9.17, 15) is 4.79 Å². The first-order chi connectivity index (χ1) is 7.15. The number of likely N-dealkylation sites (tertiary alicyclic amines) is 1. The summed E-state index contributed by atoms with van der Waals surface area (Å²) in [5.41, 5.74) is 0. The monoisotopic (exact) mass is 213 g/mol. The van der Waals surface area contributed by atoms with Gasteiger partial charge in [-0.3, -0.25) is 4.79 Å². The van der Waals surface area contributed by atoms with Crippen molar-refractivity contribution in [2.45, 2.75) is 33.6 Å². The average molecular weight is 213 g/mol. The summed E-state index contributed by atoms with van der Waals surface area (Å²) in [7, 11) is 0. The molecule has 0 bridgehead atoms. The number of amides is 1. The molecule has 0 unspecified atom stereocenters. The fourth-order valence-corrected chi connectivity index (χ4v) is 2.10. The molecule has 0 atom stereocenters. The van der Waals surface area contributed by atoms with E-state index in [2.05, 4.69) is 13.8 Å². The second-order valence-electron chi connectivity index (χ2n) is 4.60. The molecule has 0 radical (unpaired) electrons. The molecule has 1 rings (SSSR count). The van der Waals surface area contributed by atoms with Gasteiger partial charge in [-0.1, -0.05) is 13.8 Å². The summed E-state index contributed by atoms with van der Waals surface area (Å²) in [6.45, 7) is 9.14. The van der Waals surface area contributed by atoms with Crippen molar-refractivity contribution in [1.82, 2.24) is 4.90 Å². The molecule has 0 N–H and O–H groups in total. The Balaban J connectivity index is 2.27. The molecule has 88 valence electrons. The van der Waals surface area contributed by atoms with Gasteiger partial charge in [-0.2, -0.15) is 0 Å². The molecule has 1 aliphatic heterocycles. The first-order valence-corrected chi connectivity index (χ1v) is 6.00. The third-order valence-corrected chi connectivity index (χ3v) is 3.26. The zero-order chi connectivity index (χ0) is 11.3. The van der Waals surface area contributed by atoms with Crippen LogP contribution in [0.25, 0.3) is 0 Å². The van der Waals surface area contributed by atoms with Crippen LogP contribution in [0.5, 0.6) is 0 Å². The van der Waals surface area contributed by atoms with Crippen molar-refractivity contribution in [2.24, 2.45) is 11.8 Å². The fourth-order valence-electron chi connectivity index (χ4n) is 2.10. The molecular weight excluding hydrogens is 190 g/mol. The van der Waals surface area contributed by atoms with E-state index in [1.165, 1.54) is 0 Å². The highest BCUT2D eigenvalue weighted by atomic mass is 16.5. The van der Waals surface area contributed by atoms with Gasteiger partial charge in [-0.05, 0) is 31.6 Å². The largest absolute Gasteiger partial charge is 0.372 e. The summed E-state index contributed by atoms with van der Waals surface area (Å²) in [6, 6.07) is 0.